The van der Waals surface area contributed by atoms with Crippen molar-refractivity contribution in [3.05, 3.63) is 23.9 Å². The van der Waals surface area contributed by atoms with E-state index >= 15 is 0 Å². The zero-order valence-electron chi connectivity index (χ0n) is 14.6. The molecule has 26 heavy (non-hydrogen) atoms. The van der Waals surface area contributed by atoms with Crippen molar-refractivity contribution in [3.63, 3.8) is 0 Å². The monoisotopic (exact) mass is 385 g/mol. The van der Waals surface area contributed by atoms with Crippen LogP contribution in [-0.2, 0) is 9.84 Å². The molecule has 1 fully saturated rings. The molecular weight excluding hydrogens is 364 g/mol. The van der Waals surface area contributed by atoms with E-state index < -0.39 is 16.3 Å². The van der Waals surface area contributed by atoms with E-state index in [4.69, 9.17) is 0 Å². The van der Waals surface area contributed by atoms with Crippen LogP contribution in [0.5, 0.6) is 0 Å². The van der Waals surface area contributed by atoms with Crippen LogP contribution in [-0.4, -0.2) is 47.7 Å². The first-order chi connectivity index (χ1) is 12.3. The maximum atomic E-state index is 13.2. The predicted molar refractivity (Wildman–Crippen MR) is 92.5 cm³/mol. The molecule has 0 aliphatic heterocycles. The van der Waals surface area contributed by atoms with Gasteiger partial charge in [-0.2, -0.15) is 9.78 Å². The minimum Gasteiger partial charge on any atom is -0.357 e. The largest absolute Gasteiger partial charge is 0.357 e. The topological polar surface area (TPSA) is 81.0 Å². The van der Waals surface area contributed by atoms with Crippen molar-refractivity contribution in [2.24, 2.45) is 0 Å². The van der Waals surface area contributed by atoms with Crippen LogP contribution in [0.3, 0.4) is 0 Å². The summed E-state index contributed by atoms with van der Waals surface area (Å²) in [6.45, 7) is 0. The maximum Gasteiger partial charge on any atom is 0.282 e. The normalized spacial score (nSPS) is 16.2. The lowest BCUT2D eigenvalue weighted by Crippen LogP contribution is -2.34. The van der Waals surface area contributed by atoms with Gasteiger partial charge in [0.1, 0.15) is 11.5 Å². The summed E-state index contributed by atoms with van der Waals surface area (Å²) >= 11 is 0. The number of alkyl halides is 2. The van der Waals surface area contributed by atoms with Gasteiger partial charge in [-0.25, -0.2) is 17.2 Å². The third kappa shape index (κ3) is 3.84. The van der Waals surface area contributed by atoms with Crippen molar-refractivity contribution in [1.29, 1.82) is 0 Å². The van der Waals surface area contributed by atoms with Gasteiger partial charge in [0.15, 0.2) is 20.7 Å². The minimum atomic E-state index is -3.49. The van der Waals surface area contributed by atoms with E-state index in [1.807, 2.05) is 11.9 Å². The number of hydrogen-bond donors (Lipinski definition) is 0. The standard InChI is InChI=1S/C16H21F2N5O2S/c1-22(11-6-4-3-5-7-11)15-10-12(16(17)18)21-23(15)13-8-9-14(20-19-13)26(2,24)25/h8-11,16H,3-7H2,1-2H3. The average molecular weight is 385 g/mol. The number of halogens is 2. The Morgan fingerprint density at radius 2 is 1.88 bits per heavy atom. The quantitative estimate of drug-likeness (QED) is 0.787. The summed E-state index contributed by atoms with van der Waals surface area (Å²) in [6, 6.07) is 4.31. The van der Waals surface area contributed by atoms with Crippen molar-refractivity contribution < 1.29 is 17.2 Å². The van der Waals surface area contributed by atoms with E-state index in [1.165, 1.54) is 29.3 Å². The third-order valence-electron chi connectivity index (χ3n) is 4.64. The van der Waals surface area contributed by atoms with Crippen molar-refractivity contribution in [1.82, 2.24) is 20.0 Å². The fourth-order valence-corrected chi connectivity index (χ4v) is 3.70. The molecule has 0 atom stereocenters. The van der Waals surface area contributed by atoms with E-state index in [-0.39, 0.29) is 22.6 Å². The highest BCUT2D eigenvalue weighted by Gasteiger charge is 2.25. The van der Waals surface area contributed by atoms with Gasteiger partial charge in [0.05, 0.1) is 0 Å². The van der Waals surface area contributed by atoms with Gasteiger partial charge in [-0.1, -0.05) is 19.3 Å². The summed E-state index contributed by atoms with van der Waals surface area (Å²) in [7, 11) is -1.63. The Labute approximate surface area is 150 Å². The van der Waals surface area contributed by atoms with Crippen LogP contribution in [0.15, 0.2) is 23.2 Å². The fraction of sp³-hybridized carbons (Fsp3) is 0.562. The maximum absolute atomic E-state index is 13.2. The van der Waals surface area contributed by atoms with Crippen LogP contribution in [0.4, 0.5) is 14.6 Å². The highest BCUT2D eigenvalue weighted by Crippen LogP contribution is 2.30. The van der Waals surface area contributed by atoms with Gasteiger partial charge in [0.25, 0.3) is 6.43 Å². The average Bonchev–Trinajstić information content (AvgIpc) is 3.07. The summed E-state index contributed by atoms with van der Waals surface area (Å²) in [5, 5.41) is 11.3. The lowest BCUT2D eigenvalue weighted by molar-refractivity contribution is 0.145. The van der Waals surface area contributed by atoms with Crippen LogP contribution in [0, 0.1) is 0 Å². The van der Waals surface area contributed by atoms with Gasteiger partial charge < -0.3 is 4.90 Å². The highest BCUT2D eigenvalue weighted by atomic mass is 32.2. The minimum absolute atomic E-state index is 0.176. The van der Waals surface area contributed by atoms with Crippen LogP contribution in [0.1, 0.15) is 44.2 Å². The summed E-state index contributed by atoms with van der Waals surface area (Å²) in [5.41, 5.74) is -0.350. The Balaban J connectivity index is 2.00. The van der Waals surface area contributed by atoms with E-state index in [1.54, 1.807) is 0 Å². The molecule has 0 amide bonds. The highest BCUT2D eigenvalue weighted by molar-refractivity contribution is 7.90. The van der Waals surface area contributed by atoms with E-state index in [0.717, 1.165) is 31.9 Å². The van der Waals surface area contributed by atoms with Crippen molar-refractivity contribution in [2.75, 3.05) is 18.2 Å². The van der Waals surface area contributed by atoms with Gasteiger partial charge in [-0.3, -0.25) is 0 Å². The third-order valence-corrected chi connectivity index (χ3v) is 5.62. The molecule has 0 aromatic carbocycles. The molecule has 2 aromatic heterocycles. The molecule has 3 rings (SSSR count). The first kappa shape index (κ1) is 18.7. The van der Waals surface area contributed by atoms with Gasteiger partial charge >= 0.3 is 0 Å². The van der Waals surface area contributed by atoms with Gasteiger partial charge in [-0.05, 0) is 25.0 Å². The molecule has 0 unspecified atom stereocenters. The summed E-state index contributed by atoms with van der Waals surface area (Å²) in [6.07, 6.45) is 3.69. The number of anilines is 1. The van der Waals surface area contributed by atoms with Crippen molar-refractivity contribution in [2.45, 2.75) is 49.6 Å². The molecule has 0 saturated heterocycles. The summed E-state index contributed by atoms with van der Waals surface area (Å²) in [5.74, 6) is 0.690. The smallest absolute Gasteiger partial charge is 0.282 e. The number of sulfone groups is 1. The molecule has 1 saturated carbocycles. The van der Waals surface area contributed by atoms with Gasteiger partial charge in [0, 0.05) is 25.4 Å². The van der Waals surface area contributed by atoms with Crippen LogP contribution in [0.2, 0.25) is 0 Å². The van der Waals surface area contributed by atoms with Crippen LogP contribution in [0.25, 0.3) is 5.82 Å². The molecule has 10 heteroatoms. The Hall–Kier alpha value is -2.10. The second kappa shape index (κ2) is 7.26. The predicted octanol–water partition coefficient (Wildman–Crippen LogP) is 2.77. The van der Waals surface area contributed by atoms with E-state index in [9.17, 15) is 17.2 Å². The molecule has 0 N–H and O–H groups in total. The molecule has 1 aliphatic rings. The van der Waals surface area contributed by atoms with Crippen LogP contribution < -0.4 is 4.90 Å². The molecule has 0 radical (unpaired) electrons. The first-order valence-electron chi connectivity index (χ1n) is 8.42. The molecule has 142 valence electrons. The number of hydrogen-bond acceptors (Lipinski definition) is 6. The summed E-state index contributed by atoms with van der Waals surface area (Å²) in [4.78, 5) is 1.95. The Morgan fingerprint density at radius 1 is 1.19 bits per heavy atom. The molecular formula is C16H21F2N5O2S. The van der Waals surface area contributed by atoms with Gasteiger partial charge in [0.2, 0.25) is 0 Å². The zero-order valence-corrected chi connectivity index (χ0v) is 15.5. The SMILES string of the molecule is CN(c1cc(C(F)F)nn1-c1ccc(S(C)(=O)=O)nn1)C1CCCCC1. The molecule has 2 aromatic rings. The second-order valence-corrected chi connectivity index (χ2v) is 8.51. The first-order valence-corrected chi connectivity index (χ1v) is 10.3. The van der Waals surface area contributed by atoms with Gasteiger partial charge in [-0.15, -0.1) is 10.2 Å². The number of rotatable bonds is 5. The number of nitrogens with zero attached hydrogens (tertiary/aromatic N) is 5. The molecule has 7 nitrogen and oxygen atoms in total. The van der Waals surface area contributed by atoms with Crippen molar-refractivity contribution in [3.8, 4) is 5.82 Å². The zero-order chi connectivity index (χ0) is 18.9. The van der Waals surface area contributed by atoms with E-state index in [2.05, 4.69) is 15.3 Å². The van der Waals surface area contributed by atoms with E-state index in [0.29, 0.717) is 5.82 Å². The molecule has 0 bridgehead atoms. The Kier molecular flexibility index (Phi) is 5.22. The van der Waals surface area contributed by atoms with Crippen molar-refractivity contribution >= 4 is 15.7 Å². The number of aromatic nitrogens is 4. The lowest BCUT2D eigenvalue weighted by Gasteiger charge is -2.32. The molecule has 1 aliphatic carbocycles. The van der Waals surface area contributed by atoms with Crippen LogP contribution >= 0.6 is 0 Å². The molecule has 2 heterocycles. The lowest BCUT2D eigenvalue weighted by atomic mass is 9.94. The Morgan fingerprint density at radius 3 is 2.42 bits per heavy atom. The Bertz CT molecular complexity index is 861. The second-order valence-electron chi connectivity index (χ2n) is 6.54. The fourth-order valence-electron chi connectivity index (χ4n) is 3.19. The summed E-state index contributed by atoms with van der Waals surface area (Å²) < 4.78 is 50.7. The molecule has 0 spiro atoms.